The van der Waals surface area contributed by atoms with E-state index in [0.717, 1.165) is 24.0 Å². The maximum absolute atomic E-state index is 14.3. The number of ether oxygens (including phenoxy) is 16. The van der Waals surface area contributed by atoms with Gasteiger partial charge < -0.3 is 219 Å². The Bertz CT molecular complexity index is 4060. The van der Waals surface area contributed by atoms with Gasteiger partial charge in [0.25, 0.3) is 0 Å². The second-order valence-corrected chi connectivity index (χ2v) is 41.6. The third kappa shape index (κ3) is 18.4. The van der Waals surface area contributed by atoms with Crippen LogP contribution in [0.15, 0.2) is 23.3 Å². The first-order valence-corrected chi connectivity index (χ1v) is 47.4. The number of allylic oxidation sites excluding steroid dienone is 2. The number of aliphatic hydroxyl groups is 28. The third-order valence-corrected chi connectivity index (χ3v) is 34.2. The molecule has 2 spiro atoms. The highest BCUT2D eigenvalue weighted by molar-refractivity contribution is 5.78. The topological polar surface area (TPSA) is 748 Å². The van der Waals surface area contributed by atoms with Crippen LogP contribution >= 0.6 is 0 Å². The molecule has 14 fully saturated rings. The van der Waals surface area contributed by atoms with Gasteiger partial charge in [0.15, 0.2) is 37.7 Å². The lowest BCUT2D eigenvalue weighted by Crippen LogP contribution is -2.68. The molecule has 0 aromatic carbocycles. The lowest BCUT2D eigenvalue weighted by Gasteiger charge is -2.64. The Morgan fingerprint density at radius 2 is 0.563 bits per heavy atom. The van der Waals surface area contributed by atoms with Gasteiger partial charge in [-0.05, 0) is 174 Å². The van der Waals surface area contributed by atoms with Gasteiger partial charge in [-0.1, -0.05) is 45.8 Å². The van der Waals surface area contributed by atoms with Crippen molar-refractivity contribution in [3.8, 4) is 0 Å². The summed E-state index contributed by atoms with van der Waals surface area (Å²) in [5, 5.41) is 296. The predicted octanol–water partition coefficient (Wildman–Crippen LogP) is -9.84. The molecular weight excluding hydrogens is 1800 g/mol. The average Bonchev–Trinajstić information content (AvgIpc) is 1.56. The molecule has 8 aliphatic heterocycles. The van der Waals surface area contributed by atoms with Gasteiger partial charge in [-0.3, -0.25) is 9.59 Å². The SMILES string of the molecule is CC1=C[C@@]23CC[C@H]4[C@@](C)(CCC[C@@]4(C)C(=O)OC4OC(CO)C(O)C(O)C4O)[C@@H]2CC[C@]1(OC1OC(CO)C(O)C(OC2OC(CO)C(O)C(O)C2O)C1OC1OC(CO)C(O)C(O)C1O)C3.CCC1=C[C@@]23CC[C@H]4[C@@](C)(CCC[C@@]4(C)C(=O)OC4OC(CO)C(O)C(O)C4O)[C@@H]2CC[C@]1(OC1OC(CO)C(O)C(OC2OC(CO)C(O)C(O)C2O)C1OC1OC(CO)C(O)C(O)C1O)C3. The lowest BCUT2D eigenvalue weighted by atomic mass is 9.40. The van der Waals surface area contributed by atoms with Crippen molar-refractivity contribution in [2.75, 3.05) is 52.9 Å². The van der Waals surface area contributed by atoms with E-state index in [-0.39, 0.29) is 23.7 Å². The summed E-state index contributed by atoms with van der Waals surface area (Å²) in [6, 6.07) is 0. The smallest absolute Gasteiger partial charge is 0.314 e. The first kappa shape index (κ1) is 106. The number of hydrogen-bond acceptors (Lipinski definition) is 46. The fourth-order valence-corrected chi connectivity index (χ4v) is 26.9. The fraction of sp³-hybridized carbons (Fsp3) is 0.933. The second-order valence-electron chi connectivity index (χ2n) is 41.6. The summed E-state index contributed by atoms with van der Waals surface area (Å²) < 4.78 is 96.8. The van der Waals surface area contributed by atoms with E-state index in [1.54, 1.807) is 0 Å². The standard InChI is InChI=1S/C45H72O23.C44H70O23/c1-4-18-12-44-10-6-23-42(2,8-5-9-43(23,3)41(60)67-39-34(59)31(56)27(52)21(15-48)63-39)24(44)7-11-45(18,17-44)68-40-36(66-38-33(58)30(55)26(51)20(14-47)62-38)35(28(53)22(16-49)64-40)65-37-32(57)29(54)25(50)19(13-46)61-37;1-17-11-43-9-5-22-41(2,7-4-8-42(22,3)40(59)66-38-33(58)30(55)26(51)20(14-47)62-38)23(43)6-10-44(17,16-43)67-39-35(65-37-32(57)29(54)25(50)19(13-46)61-37)34(27(52)21(15-48)63-39)64-36-31(56)28(53)24(49)18(12-45)60-36/h12,19-40,46-59H,4-11,13-17H2,1-3H3;11,18-39,45-58H,4-10,12-16H2,1-3H3/t19?,20?,21?,22?,23-,24-,25?,26?,27?,28?,29?,30?,31?,32?,33?,34?,35?,36?,37?,38?,39?,40?,42+,43+,44+,45-;18?,19?,20?,21?,22-,23-,24?,25?,26?,27?,28?,29?,30?,31?,32?,33?,34?,35?,36?,37?,38?,39?,41+,42+,43+,44-/m00/s1. The van der Waals surface area contributed by atoms with E-state index in [1.165, 1.54) is 0 Å². The molecule has 774 valence electrons. The Labute approximate surface area is 777 Å². The van der Waals surface area contributed by atoms with Gasteiger partial charge >= 0.3 is 11.9 Å². The summed E-state index contributed by atoms with van der Waals surface area (Å²) in [6.07, 6.45) is -53.9. The van der Waals surface area contributed by atoms with E-state index in [9.17, 15) is 153 Å². The lowest BCUT2D eigenvalue weighted by molar-refractivity contribution is -0.400. The maximum atomic E-state index is 14.3. The van der Waals surface area contributed by atoms with Crippen molar-refractivity contribution >= 4 is 11.9 Å². The van der Waals surface area contributed by atoms with Crippen molar-refractivity contribution in [2.45, 2.75) is 408 Å². The molecule has 6 saturated carbocycles. The number of aliphatic hydroxyl groups excluding tert-OH is 28. The maximum Gasteiger partial charge on any atom is 0.314 e. The highest BCUT2D eigenvalue weighted by Gasteiger charge is 2.72. The van der Waals surface area contributed by atoms with Crippen molar-refractivity contribution < 1.29 is 228 Å². The van der Waals surface area contributed by atoms with Crippen LogP contribution in [0.4, 0.5) is 0 Å². The molecule has 0 aromatic rings. The highest BCUT2D eigenvalue weighted by atomic mass is 16.8. The van der Waals surface area contributed by atoms with Gasteiger partial charge in [0.1, 0.15) is 195 Å². The summed E-state index contributed by atoms with van der Waals surface area (Å²) in [4.78, 5) is 28.6. The van der Waals surface area contributed by atoms with Crippen LogP contribution in [0.2, 0.25) is 0 Å². The van der Waals surface area contributed by atoms with Gasteiger partial charge in [0, 0.05) is 0 Å². The van der Waals surface area contributed by atoms with Gasteiger partial charge in [-0.25, -0.2) is 0 Å². The molecule has 0 aromatic heterocycles. The van der Waals surface area contributed by atoms with Crippen LogP contribution in [0.5, 0.6) is 0 Å². The van der Waals surface area contributed by atoms with Crippen molar-refractivity contribution in [3.63, 3.8) is 0 Å². The van der Waals surface area contributed by atoms with Crippen molar-refractivity contribution in [1.29, 1.82) is 0 Å². The van der Waals surface area contributed by atoms with Crippen LogP contribution in [-0.4, -0.2) is 465 Å². The van der Waals surface area contributed by atoms with Gasteiger partial charge in [-0.15, -0.1) is 0 Å². The minimum Gasteiger partial charge on any atom is -0.432 e. The first-order chi connectivity index (χ1) is 63.8. The Hall–Kier alpha value is -3.26. The summed E-state index contributed by atoms with van der Waals surface area (Å²) in [5.74, 6) is -1.63. The van der Waals surface area contributed by atoms with Crippen LogP contribution in [0.3, 0.4) is 0 Å². The van der Waals surface area contributed by atoms with Crippen LogP contribution in [0.25, 0.3) is 0 Å². The molecule has 52 atom stereocenters. The molecule has 0 radical (unpaired) electrons. The number of rotatable bonds is 25. The number of hydrogen-bond donors (Lipinski definition) is 28. The minimum atomic E-state index is -1.95. The van der Waals surface area contributed by atoms with Gasteiger partial charge in [0.2, 0.25) is 12.6 Å². The number of carbonyl (C=O) groups excluding carboxylic acids is 2. The average molecular weight is 1950 g/mol. The van der Waals surface area contributed by atoms with Crippen LogP contribution in [0, 0.1) is 56.2 Å². The van der Waals surface area contributed by atoms with E-state index in [2.05, 4.69) is 26.0 Å². The molecule has 40 unspecified atom stereocenters. The Morgan fingerprint density at radius 3 is 0.881 bits per heavy atom. The second kappa shape index (κ2) is 41.0. The zero-order valence-corrected chi connectivity index (χ0v) is 76.1. The van der Waals surface area contributed by atoms with Crippen molar-refractivity contribution in [3.05, 3.63) is 23.3 Å². The molecule has 16 rings (SSSR count). The summed E-state index contributed by atoms with van der Waals surface area (Å²) >= 11 is 0. The normalized spacial score (nSPS) is 54.1. The molecule has 135 heavy (non-hydrogen) atoms. The molecule has 0 amide bonds. The molecular formula is C89H142O46. The fourth-order valence-electron chi connectivity index (χ4n) is 26.9. The number of fused-ring (bicyclic) bond motifs is 6. The van der Waals surface area contributed by atoms with E-state index >= 15 is 0 Å². The molecule has 16 aliphatic rings. The van der Waals surface area contributed by atoms with E-state index in [1.807, 2.05) is 27.7 Å². The quantitative estimate of drug-likeness (QED) is 0.0229. The van der Waals surface area contributed by atoms with E-state index in [4.69, 9.17) is 75.8 Å². The molecule has 4 bridgehead atoms. The first-order valence-electron chi connectivity index (χ1n) is 47.4. The zero-order valence-electron chi connectivity index (χ0n) is 76.1. The summed E-state index contributed by atoms with van der Waals surface area (Å²) in [7, 11) is 0. The summed E-state index contributed by atoms with van der Waals surface area (Å²) in [5.41, 5.74) is -4.33. The Balaban J connectivity index is 0.000000206. The molecule has 46 nitrogen and oxygen atoms in total. The number of carbonyl (C=O) groups is 2. The molecule has 8 aliphatic carbocycles. The minimum absolute atomic E-state index is 0.00956. The monoisotopic (exact) mass is 1950 g/mol. The van der Waals surface area contributed by atoms with Crippen molar-refractivity contribution in [1.82, 2.24) is 0 Å². The molecule has 8 heterocycles. The highest BCUT2D eigenvalue weighted by Crippen LogP contribution is 2.75. The van der Waals surface area contributed by atoms with Crippen molar-refractivity contribution in [2.24, 2.45) is 56.2 Å². The molecule has 28 N–H and O–H groups in total. The Morgan fingerprint density at radius 1 is 0.304 bits per heavy atom. The van der Waals surface area contributed by atoms with Gasteiger partial charge in [-0.2, -0.15) is 0 Å². The van der Waals surface area contributed by atoms with Crippen LogP contribution < -0.4 is 0 Å². The third-order valence-electron chi connectivity index (χ3n) is 34.2. The number of esters is 2. The molecule has 8 saturated heterocycles. The largest absolute Gasteiger partial charge is 0.432 e. The summed E-state index contributed by atoms with van der Waals surface area (Å²) in [6.45, 7) is 5.76. The van der Waals surface area contributed by atoms with E-state index < -0.39 is 354 Å². The molecule has 46 heteroatoms. The Kier molecular flexibility index (Phi) is 32.2. The van der Waals surface area contributed by atoms with E-state index in [0.29, 0.717) is 96.3 Å². The zero-order chi connectivity index (χ0) is 98.1. The van der Waals surface area contributed by atoms with Crippen LogP contribution in [0.1, 0.15) is 151 Å². The predicted molar refractivity (Wildman–Crippen MR) is 443 cm³/mol. The van der Waals surface area contributed by atoms with Gasteiger partial charge in [0.05, 0.1) is 74.9 Å². The van der Waals surface area contributed by atoms with Crippen LogP contribution in [-0.2, 0) is 85.4 Å².